The number of aliphatic hydroxyl groups excluding tert-OH is 1. The van der Waals surface area contributed by atoms with Gasteiger partial charge in [-0.2, -0.15) is 0 Å². The van der Waals surface area contributed by atoms with E-state index in [4.69, 9.17) is 10.5 Å². The van der Waals surface area contributed by atoms with Gasteiger partial charge < -0.3 is 15.6 Å². The molecule has 3 N–H and O–H groups in total. The van der Waals surface area contributed by atoms with Crippen molar-refractivity contribution in [2.45, 2.75) is 18.6 Å². The van der Waals surface area contributed by atoms with Crippen LogP contribution in [-0.4, -0.2) is 12.2 Å². The standard InChI is InChI=1S/C10H13NO2/c1-13-6-2-3-7-8(4-6)9(11)5-10(7)12/h2-4,9-10,12H,5,11H2,1H3/t9-,10-/m0/s1. The van der Waals surface area contributed by atoms with E-state index in [-0.39, 0.29) is 6.04 Å². The summed E-state index contributed by atoms with van der Waals surface area (Å²) in [7, 11) is 1.62. The van der Waals surface area contributed by atoms with Crippen molar-refractivity contribution in [1.29, 1.82) is 0 Å². The molecule has 1 aliphatic rings. The summed E-state index contributed by atoms with van der Waals surface area (Å²) in [6, 6.07) is 5.57. The molecule has 0 amide bonds. The van der Waals surface area contributed by atoms with Gasteiger partial charge in [-0.25, -0.2) is 0 Å². The van der Waals surface area contributed by atoms with Crippen LogP contribution in [-0.2, 0) is 0 Å². The topological polar surface area (TPSA) is 55.5 Å². The zero-order valence-corrected chi connectivity index (χ0v) is 7.53. The Balaban J connectivity index is 2.46. The Morgan fingerprint density at radius 2 is 2.23 bits per heavy atom. The Bertz CT molecular complexity index is 325. The predicted molar refractivity (Wildman–Crippen MR) is 49.5 cm³/mol. The predicted octanol–water partition coefficient (Wildman–Crippen LogP) is 1.13. The first kappa shape index (κ1) is 8.53. The second kappa shape index (κ2) is 3.01. The fourth-order valence-corrected chi connectivity index (χ4v) is 1.80. The van der Waals surface area contributed by atoms with E-state index in [9.17, 15) is 5.11 Å². The van der Waals surface area contributed by atoms with Crippen LogP contribution in [0.4, 0.5) is 0 Å². The lowest BCUT2D eigenvalue weighted by Gasteiger charge is -2.06. The van der Waals surface area contributed by atoms with E-state index in [1.54, 1.807) is 7.11 Å². The number of benzene rings is 1. The molecule has 0 bridgehead atoms. The third-order valence-corrected chi connectivity index (χ3v) is 2.53. The monoisotopic (exact) mass is 179 g/mol. The molecule has 0 fully saturated rings. The van der Waals surface area contributed by atoms with E-state index in [2.05, 4.69) is 0 Å². The number of methoxy groups -OCH3 is 1. The van der Waals surface area contributed by atoms with Crippen LogP contribution in [0, 0.1) is 0 Å². The molecule has 3 nitrogen and oxygen atoms in total. The highest BCUT2D eigenvalue weighted by molar-refractivity contribution is 5.41. The summed E-state index contributed by atoms with van der Waals surface area (Å²) in [6.07, 6.45) is 0.207. The van der Waals surface area contributed by atoms with Gasteiger partial charge >= 0.3 is 0 Å². The Morgan fingerprint density at radius 1 is 1.46 bits per heavy atom. The van der Waals surface area contributed by atoms with Gasteiger partial charge in [0, 0.05) is 6.04 Å². The molecule has 13 heavy (non-hydrogen) atoms. The number of fused-ring (bicyclic) bond motifs is 1. The Hall–Kier alpha value is -1.06. The second-order valence-corrected chi connectivity index (χ2v) is 3.35. The molecule has 2 rings (SSSR count). The van der Waals surface area contributed by atoms with E-state index in [0.29, 0.717) is 6.42 Å². The zero-order valence-electron chi connectivity index (χ0n) is 7.53. The van der Waals surface area contributed by atoms with Gasteiger partial charge in [0.05, 0.1) is 13.2 Å². The minimum atomic E-state index is -0.407. The average Bonchev–Trinajstić information content (AvgIpc) is 2.42. The van der Waals surface area contributed by atoms with Gasteiger partial charge in [-0.05, 0) is 29.7 Å². The zero-order chi connectivity index (χ0) is 9.42. The van der Waals surface area contributed by atoms with E-state index in [0.717, 1.165) is 16.9 Å². The first-order valence-corrected chi connectivity index (χ1v) is 4.34. The summed E-state index contributed by atoms with van der Waals surface area (Å²) >= 11 is 0. The maximum atomic E-state index is 9.59. The highest BCUT2D eigenvalue weighted by Crippen LogP contribution is 2.38. The van der Waals surface area contributed by atoms with Crippen molar-refractivity contribution < 1.29 is 9.84 Å². The van der Waals surface area contributed by atoms with Crippen molar-refractivity contribution in [2.75, 3.05) is 7.11 Å². The number of aliphatic hydroxyl groups is 1. The third-order valence-electron chi connectivity index (χ3n) is 2.53. The van der Waals surface area contributed by atoms with Crippen molar-refractivity contribution in [3.05, 3.63) is 29.3 Å². The highest BCUT2D eigenvalue weighted by atomic mass is 16.5. The lowest BCUT2D eigenvalue weighted by Crippen LogP contribution is -2.05. The molecule has 0 spiro atoms. The van der Waals surface area contributed by atoms with Gasteiger partial charge in [0.2, 0.25) is 0 Å². The smallest absolute Gasteiger partial charge is 0.119 e. The molecule has 1 aliphatic carbocycles. The van der Waals surface area contributed by atoms with E-state index >= 15 is 0 Å². The molecule has 1 aromatic carbocycles. The van der Waals surface area contributed by atoms with Crippen LogP contribution < -0.4 is 10.5 Å². The molecule has 1 aromatic rings. The molecule has 3 heteroatoms. The SMILES string of the molecule is COc1ccc2c(c1)[C@@H](N)C[C@@H]2O. The van der Waals surface area contributed by atoms with Crippen LogP contribution >= 0.6 is 0 Å². The van der Waals surface area contributed by atoms with E-state index in [1.807, 2.05) is 18.2 Å². The fourth-order valence-electron chi connectivity index (χ4n) is 1.80. The maximum absolute atomic E-state index is 9.59. The number of nitrogens with two attached hydrogens (primary N) is 1. The van der Waals surface area contributed by atoms with Crippen molar-refractivity contribution in [1.82, 2.24) is 0 Å². The summed E-state index contributed by atoms with van der Waals surface area (Å²) in [5.41, 5.74) is 7.79. The summed E-state index contributed by atoms with van der Waals surface area (Å²) in [6.45, 7) is 0. The minimum absolute atomic E-state index is 0.0555. The molecule has 0 saturated heterocycles. The number of hydrogen-bond donors (Lipinski definition) is 2. The van der Waals surface area contributed by atoms with Crippen molar-refractivity contribution in [2.24, 2.45) is 5.73 Å². The Morgan fingerprint density at radius 3 is 2.92 bits per heavy atom. The third kappa shape index (κ3) is 1.30. The van der Waals surface area contributed by atoms with Crippen molar-refractivity contribution in [3.63, 3.8) is 0 Å². The van der Waals surface area contributed by atoms with Gasteiger partial charge in [0.15, 0.2) is 0 Å². The summed E-state index contributed by atoms with van der Waals surface area (Å²) in [5.74, 6) is 0.795. The van der Waals surface area contributed by atoms with Crippen LogP contribution in [0.25, 0.3) is 0 Å². The van der Waals surface area contributed by atoms with Crippen LogP contribution in [0.5, 0.6) is 5.75 Å². The molecule has 0 aliphatic heterocycles. The number of hydrogen-bond acceptors (Lipinski definition) is 3. The van der Waals surface area contributed by atoms with Gasteiger partial charge in [-0.3, -0.25) is 0 Å². The first-order valence-electron chi connectivity index (χ1n) is 4.34. The van der Waals surface area contributed by atoms with Crippen molar-refractivity contribution >= 4 is 0 Å². The Labute approximate surface area is 77.1 Å². The molecule has 0 radical (unpaired) electrons. The van der Waals surface area contributed by atoms with E-state index < -0.39 is 6.10 Å². The maximum Gasteiger partial charge on any atom is 0.119 e. The largest absolute Gasteiger partial charge is 0.497 e. The van der Waals surface area contributed by atoms with Gasteiger partial charge in [-0.15, -0.1) is 0 Å². The van der Waals surface area contributed by atoms with Crippen LogP contribution in [0.1, 0.15) is 29.7 Å². The molecular formula is C10H13NO2. The lowest BCUT2D eigenvalue weighted by molar-refractivity contribution is 0.173. The quantitative estimate of drug-likeness (QED) is 0.679. The van der Waals surface area contributed by atoms with Gasteiger partial charge in [-0.1, -0.05) is 6.07 Å². The molecular weight excluding hydrogens is 166 g/mol. The average molecular weight is 179 g/mol. The highest BCUT2D eigenvalue weighted by Gasteiger charge is 2.26. The normalized spacial score (nSPS) is 25.8. The molecule has 0 unspecified atom stereocenters. The number of ether oxygens (including phenoxy) is 1. The number of rotatable bonds is 1. The second-order valence-electron chi connectivity index (χ2n) is 3.35. The van der Waals surface area contributed by atoms with Gasteiger partial charge in [0.1, 0.15) is 5.75 Å². The van der Waals surface area contributed by atoms with Crippen LogP contribution in [0.3, 0.4) is 0 Å². The Kier molecular flexibility index (Phi) is 1.98. The summed E-state index contributed by atoms with van der Waals surface area (Å²) in [4.78, 5) is 0. The van der Waals surface area contributed by atoms with Crippen molar-refractivity contribution in [3.8, 4) is 5.75 Å². The minimum Gasteiger partial charge on any atom is -0.497 e. The molecule has 2 atom stereocenters. The molecule has 0 heterocycles. The first-order chi connectivity index (χ1) is 6.22. The van der Waals surface area contributed by atoms with Crippen LogP contribution in [0.15, 0.2) is 18.2 Å². The molecule has 70 valence electrons. The fraction of sp³-hybridized carbons (Fsp3) is 0.400. The molecule has 0 saturated carbocycles. The summed E-state index contributed by atoms with van der Waals surface area (Å²) < 4.78 is 5.09. The summed E-state index contributed by atoms with van der Waals surface area (Å²) in [5, 5.41) is 9.59. The van der Waals surface area contributed by atoms with Gasteiger partial charge in [0.25, 0.3) is 0 Å². The van der Waals surface area contributed by atoms with E-state index in [1.165, 1.54) is 0 Å². The van der Waals surface area contributed by atoms with Crippen LogP contribution in [0.2, 0.25) is 0 Å². The molecule has 0 aromatic heterocycles. The lowest BCUT2D eigenvalue weighted by atomic mass is 10.1.